The van der Waals surface area contributed by atoms with E-state index in [1.54, 1.807) is 30.3 Å². The number of carbonyl (C=O) groups is 2. The third-order valence-corrected chi connectivity index (χ3v) is 9.49. The summed E-state index contributed by atoms with van der Waals surface area (Å²) in [4.78, 5) is 30.3. The predicted molar refractivity (Wildman–Crippen MR) is 185 cm³/mol. The van der Waals surface area contributed by atoms with E-state index in [1.807, 2.05) is 115 Å². The van der Waals surface area contributed by atoms with Gasteiger partial charge >= 0.3 is 0 Å². The van der Waals surface area contributed by atoms with E-state index in [1.165, 1.54) is 9.21 Å². The van der Waals surface area contributed by atoms with Gasteiger partial charge in [-0.2, -0.15) is 0 Å². The van der Waals surface area contributed by atoms with Gasteiger partial charge in [-0.3, -0.25) is 13.9 Å². The number of rotatable bonds is 11. The minimum atomic E-state index is -4.16. The highest BCUT2D eigenvalue weighted by molar-refractivity contribution is 7.92. The molecule has 0 fully saturated rings. The van der Waals surface area contributed by atoms with Gasteiger partial charge in [-0.25, -0.2) is 8.42 Å². The average molecular weight is 640 g/mol. The van der Waals surface area contributed by atoms with E-state index in [2.05, 4.69) is 5.32 Å². The fraction of sp³-hybridized carbons (Fsp3) is 0.316. The highest BCUT2D eigenvalue weighted by atomic mass is 32.2. The molecule has 0 aliphatic rings. The third-order valence-electron chi connectivity index (χ3n) is 7.71. The Bertz CT molecular complexity index is 1780. The molecule has 4 aromatic carbocycles. The molecule has 8 heteroatoms. The van der Waals surface area contributed by atoms with Gasteiger partial charge in [0, 0.05) is 18.5 Å². The Morgan fingerprint density at radius 1 is 0.739 bits per heavy atom. The van der Waals surface area contributed by atoms with Crippen molar-refractivity contribution in [3.8, 4) is 0 Å². The second-order valence-electron chi connectivity index (χ2n) is 13.1. The topological polar surface area (TPSA) is 86.8 Å². The number of aryl methyl sites for hydroxylation is 4. The standard InChI is InChI=1S/C38H45N3O4S/c1-27-16-19-33(20-17-27)46(44,45)41(34-21-18-29(3)22-30(34)4)26-36(42)40(25-32-15-11-12-28(2)23-32)35(37(43)39-38(5,6)7)24-31-13-9-8-10-14-31/h8-23,35H,24-26H2,1-7H3,(H,39,43). The monoisotopic (exact) mass is 639 g/mol. The molecular weight excluding hydrogens is 595 g/mol. The van der Waals surface area contributed by atoms with Crippen molar-refractivity contribution in [3.63, 3.8) is 0 Å². The fourth-order valence-electron chi connectivity index (χ4n) is 5.45. The van der Waals surface area contributed by atoms with E-state index in [0.717, 1.165) is 33.4 Å². The van der Waals surface area contributed by atoms with Crippen molar-refractivity contribution in [3.05, 3.63) is 130 Å². The first kappa shape index (κ1) is 34.4. The van der Waals surface area contributed by atoms with Crippen molar-refractivity contribution in [2.75, 3.05) is 10.8 Å². The van der Waals surface area contributed by atoms with Gasteiger partial charge in [-0.1, -0.05) is 95.6 Å². The number of hydrogen-bond donors (Lipinski definition) is 1. The van der Waals surface area contributed by atoms with Crippen molar-refractivity contribution in [1.82, 2.24) is 10.2 Å². The molecule has 1 atom stereocenters. The average Bonchev–Trinajstić information content (AvgIpc) is 2.98. The highest BCUT2D eigenvalue weighted by Gasteiger charge is 2.36. The maximum atomic E-state index is 14.7. The number of nitrogens with zero attached hydrogens (tertiary/aromatic N) is 2. The van der Waals surface area contributed by atoms with Crippen LogP contribution in [0.25, 0.3) is 0 Å². The van der Waals surface area contributed by atoms with Crippen molar-refractivity contribution in [2.45, 2.75) is 77.9 Å². The Balaban J connectivity index is 1.84. The maximum absolute atomic E-state index is 14.7. The summed E-state index contributed by atoms with van der Waals surface area (Å²) in [6.07, 6.45) is 0.259. The van der Waals surface area contributed by atoms with Crippen molar-refractivity contribution in [2.24, 2.45) is 0 Å². The lowest BCUT2D eigenvalue weighted by atomic mass is 10.0. The molecule has 0 aliphatic carbocycles. The molecule has 0 spiro atoms. The number of hydrogen-bond acceptors (Lipinski definition) is 4. The minimum Gasteiger partial charge on any atom is -0.350 e. The van der Waals surface area contributed by atoms with Gasteiger partial charge in [0.1, 0.15) is 12.6 Å². The summed E-state index contributed by atoms with van der Waals surface area (Å²) in [5.74, 6) is -0.793. The van der Waals surface area contributed by atoms with Crippen LogP contribution in [0.2, 0.25) is 0 Å². The van der Waals surface area contributed by atoms with Gasteiger partial charge < -0.3 is 10.2 Å². The molecule has 4 aromatic rings. The fourth-order valence-corrected chi connectivity index (χ4v) is 6.93. The number of benzene rings is 4. The molecule has 242 valence electrons. The van der Waals surface area contributed by atoms with Crippen molar-refractivity contribution < 1.29 is 18.0 Å². The van der Waals surface area contributed by atoms with E-state index < -0.39 is 34.1 Å². The van der Waals surface area contributed by atoms with Gasteiger partial charge in [-0.05, 0) is 83.4 Å². The Labute approximate surface area is 274 Å². The lowest BCUT2D eigenvalue weighted by molar-refractivity contribution is -0.140. The molecule has 7 nitrogen and oxygen atoms in total. The first-order valence-electron chi connectivity index (χ1n) is 15.5. The van der Waals surface area contributed by atoms with Crippen LogP contribution in [0.3, 0.4) is 0 Å². The number of amides is 2. The quantitative estimate of drug-likeness (QED) is 0.199. The summed E-state index contributed by atoms with van der Waals surface area (Å²) in [6.45, 7) is 13.0. The van der Waals surface area contributed by atoms with Crippen molar-refractivity contribution in [1.29, 1.82) is 0 Å². The Morgan fingerprint density at radius 3 is 1.96 bits per heavy atom. The largest absolute Gasteiger partial charge is 0.350 e. The van der Waals surface area contributed by atoms with E-state index >= 15 is 0 Å². The molecule has 0 aromatic heterocycles. The summed E-state index contributed by atoms with van der Waals surface area (Å²) in [7, 11) is -4.16. The molecule has 1 N–H and O–H groups in total. The van der Waals surface area contributed by atoms with Crippen LogP contribution in [0, 0.1) is 27.7 Å². The van der Waals surface area contributed by atoms with Crippen LogP contribution in [0.4, 0.5) is 5.69 Å². The molecule has 0 saturated carbocycles. The van der Waals surface area contributed by atoms with Crippen LogP contribution in [0.15, 0.2) is 102 Å². The molecule has 0 heterocycles. The van der Waals surface area contributed by atoms with E-state index in [0.29, 0.717) is 5.69 Å². The lowest BCUT2D eigenvalue weighted by Gasteiger charge is -2.35. The second kappa shape index (κ2) is 14.3. The second-order valence-corrected chi connectivity index (χ2v) is 14.9. The van der Waals surface area contributed by atoms with Crippen LogP contribution in [0.1, 0.15) is 54.2 Å². The van der Waals surface area contributed by atoms with Crippen LogP contribution in [0.5, 0.6) is 0 Å². The molecule has 0 aliphatic heterocycles. The zero-order valence-corrected chi connectivity index (χ0v) is 28.7. The number of nitrogens with one attached hydrogen (secondary N) is 1. The van der Waals surface area contributed by atoms with Gasteiger partial charge in [0.05, 0.1) is 10.6 Å². The summed E-state index contributed by atoms with van der Waals surface area (Å²) in [6, 6.07) is 28.5. The van der Waals surface area contributed by atoms with Gasteiger partial charge in [-0.15, -0.1) is 0 Å². The first-order chi connectivity index (χ1) is 21.6. The first-order valence-corrected chi connectivity index (χ1v) is 17.0. The van der Waals surface area contributed by atoms with Gasteiger partial charge in [0.15, 0.2) is 0 Å². The van der Waals surface area contributed by atoms with E-state index in [-0.39, 0.29) is 23.8 Å². The summed E-state index contributed by atoms with van der Waals surface area (Å²) in [5.41, 5.74) is 5.22. The summed E-state index contributed by atoms with van der Waals surface area (Å²) in [5, 5.41) is 3.07. The van der Waals surface area contributed by atoms with Gasteiger partial charge in [0.2, 0.25) is 11.8 Å². The predicted octanol–water partition coefficient (Wildman–Crippen LogP) is 6.67. The van der Waals surface area contributed by atoms with Crippen LogP contribution < -0.4 is 9.62 Å². The Morgan fingerprint density at radius 2 is 1.35 bits per heavy atom. The van der Waals surface area contributed by atoms with E-state index in [9.17, 15) is 18.0 Å². The number of carbonyl (C=O) groups excluding carboxylic acids is 2. The van der Waals surface area contributed by atoms with Crippen LogP contribution >= 0.6 is 0 Å². The minimum absolute atomic E-state index is 0.0856. The molecule has 0 radical (unpaired) electrons. The Hall–Kier alpha value is -4.43. The van der Waals surface area contributed by atoms with Crippen molar-refractivity contribution >= 4 is 27.5 Å². The van der Waals surface area contributed by atoms with Gasteiger partial charge in [0.25, 0.3) is 10.0 Å². The Kier molecular flexibility index (Phi) is 10.7. The third kappa shape index (κ3) is 8.85. The number of anilines is 1. The molecule has 2 amide bonds. The maximum Gasteiger partial charge on any atom is 0.264 e. The lowest BCUT2D eigenvalue weighted by Crippen LogP contribution is -2.56. The SMILES string of the molecule is Cc1ccc(S(=O)(=O)N(CC(=O)N(Cc2cccc(C)c2)C(Cc2ccccc2)C(=O)NC(C)(C)C)c2ccc(C)cc2C)cc1. The zero-order valence-electron chi connectivity index (χ0n) is 27.9. The zero-order chi connectivity index (χ0) is 33.6. The smallest absolute Gasteiger partial charge is 0.264 e. The normalized spacial score (nSPS) is 12.3. The summed E-state index contributed by atoms with van der Waals surface area (Å²) < 4.78 is 29.8. The number of sulfonamides is 1. The van der Waals surface area contributed by atoms with Crippen LogP contribution in [-0.4, -0.2) is 43.3 Å². The van der Waals surface area contributed by atoms with Crippen LogP contribution in [-0.2, 0) is 32.6 Å². The van der Waals surface area contributed by atoms with E-state index in [4.69, 9.17) is 0 Å². The molecule has 46 heavy (non-hydrogen) atoms. The molecule has 4 rings (SSSR count). The molecule has 0 bridgehead atoms. The molecule has 1 unspecified atom stereocenters. The molecule has 0 saturated heterocycles. The summed E-state index contributed by atoms with van der Waals surface area (Å²) >= 11 is 0. The molecular formula is C38H45N3O4S. The highest BCUT2D eigenvalue weighted by Crippen LogP contribution is 2.29.